The molecular weight excluding hydrogens is 659 g/mol. The lowest BCUT2D eigenvalue weighted by Crippen LogP contribution is -2.03. The summed E-state index contributed by atoms with van der Waals surface area (Å²) in [6.45, 7) is 18.3. The molecule has 50 heavy (non-hydrogen) atoms. The van der Waals surface area contributed by atoms with Gasteiger partial charge in [-0.05, 0) is 114 Å². The second-order valence-electron chi connectivity index (χ2n) is 16.5. The van der Waals surface area contributed by atoms with Gasteiger partial charge in [-0.25, -0.2) is 0 Å². The van der Waals surface area contributed by atoms with Crippen molar-refractivity contribution in [3.63, 3.8) is 0 Å². The lowest BCUT2D eigenvalue weighted by molar-refractivity contribution is -0.0160. The molecule has 0 radical (unpaired) electrons. The van der Waals surface area contributed by atoms with Gasteiger partial charge in [0.1, 0.15) is 11.5 Å². The minimum Gasteiger partial charge on any atom is -0.416 e. The van der Waals surface area contributed by atoms with Crippen molar-refractivity contribution < 1.29 is 18.3 Å². The minimum absolute atomic E-state index is 0.595. The van der Waals surface area contributed by atoms with Gasteiger partial charge in [0.25, 0.3) is 0 Å². The molecule has 6 heteroatoms. The number of unbranched alkanes of at least 4 members (excludes halogenated alkanes) is 8. The number of hydrogen-bond donors (Lipinski definition) is 1. The van der Waals surface area contributed by atoms with Crippen LogP contribution in [0.5, 0.6) is 11.5 Å². The number of hydrogen-bond acceptors (Lipinski definition) is 4. The zero-order chi connectivity index (χ0) is 36.7. The molecule has 0 aliphatic rings. The summed E-state index contributed by atoms with van der Waals surface area (Å²) in [7, 11) is -2.30. The predicted octanol–water partition coefficient (Wildman–Crippen LogP) is 15.6. The first kappa shape index (κ1) is 44.9. The standard InChI is InChI=1S/C44H74FO3PS/c1-34(2)21-13-9-17-25-38-29-30-42(40(31-38)27-19-11-15-23-36(5)6)46-49(48-45)47-44-41(28-20-12-16-24-37(7)8)32-39(33-43(44)50)26-18-10-14-22-35(3)4/h29-37,50H,9-28H2,1-8H3. The summed E-state index contributed by atoms with van der Waals surface area (Å²) in [5, 5.41) is 0. The zero-order valence-corrected chi connectivity index (χ0v) is 35.1. The largest absolute Gasteiger partial charge is 0.497 e. The summed E-state index contributed by atoms with van der Waals surface area (Å²) in [4.78, 5) is 0.730. The number of rotatable bonds is 29. The molecule has 0 aromatic heterocycles. The highest BCUT2D eigenvalue weighted by atomic mass is 32.1. The number of aryl methyl sites for hydroxylation is 4. The summed E-state index contributed by atoms with van der Waals surface area (Å²) in [6, 6.07) is 10.8. The molecule has 0 heterocycles. The molecule has 1 atom stereocenters. The van der Waals surface area contributed by atoms with Crippen LogP contribution in [0.4, 0.5) is 4.53 Å². The number of halogens is 1. The van der Waals surface area contributed by atoms with E-state index in [4.69, 9.17) is 21.7 Å². The van der Waals surface area contributed by atoms with Gasteiger partial charge in [-0.15, -0.1) is 12.6 Å². The molecule has 2 rings (SSSR count). The molecule has 0 saturated carbocycles. The van der Waals surface area contributed by atoms with E-state index >= 15 is 0 Å². The highest BCUT2D eigenvalue weighted by Crippen LogP contribution is 2.46. The molecule has 0 N–H and O–H groups in total. The molecule has 286 valence electrons. The molecule has 0 aliphatic heterocycles. The highest BCUT2D eigenvalue weighted by Gasteiger charge is 2.24. The van der Waals surface area contributed by atoms with E-state index < -0.39 is 8.60 Å². The molecule has 3 nitrogen and oxygen atoms in total. The summed E-state index contributed by atoms with van der Waals surface area (Å²) in [6.07, 6.45) is 23.2. The second-order valence-corrected chi connectivity index (χ2v) is 17.9. The van der Waals surface area contributed by atoms with Crippen molar-refractivity contribution >= 4 is 21.2 Å². The Bertz CT molecular complexity index is 1170. The highest BCUT2D eigenvalue weighted by molar-refractivity contribution is 7.80. The SMILES string of the molecule is CC(C)CCCCCc1ccc(OP(OF)Oc2c(S)cc(CCCCCC(C)C)cc2CCCCCC(C)C)c(CCCCCC(C)C)c1. The van der Waals surface area contributed by atoms with Gasteiger partial charge in [-0.3, -0.25) is 0 Å². The fourth-order valence-electron chi connectivity index (χ4n) is 6.65. The molecule has 0 aliphatic carbocycles. The van der Waals surface area contributed by atoms with Crippen LogP contribution in [-0.2, 0) is 30.4 Å². The molecule has 0 fully saturated rings. The molecule has 0 saturated heterocycles. The van der Waals surface area contributed by atoms with Crippen LogP contribution in [0, 0.1) is 23.7 Å². The Balaban J connectivity index is 2.21. The minimum atomic E-state index is -2.30. The van der Waals surface area contributed by atoms with Gasteiger partial charge in [0.05, 0.1) is 0 Å². The average Bonchev–Trinajstić information content (AvgIpc) is 3.05. The summed E-state index contributed by atoms with van der Waals surface area (Å²) < 4.78 is 31.2. The van der Waals surface area contributed by atoms with Gasteiger partial charge in [0.15, 0.2) is 0 Å². The van der Waals surface area contributed by atoms with E-state index in [0.29, 0.717) is 17.4 Å². The van der Waals surface area contributed by atoms with Crippen molar-refractivity contribution in [1.29, 1.82) is 0 Å². The maximum atomic E-state index is 14.3. The van der Waals surface area contributed by atoms with E-state index in [1.165, 1.54) is 88.2 Å². The first-order valence-electron chi connectivity index (χ1n) is 20.4. The Morgan fingerprint density at radius 3 is 1.44 bits per heavy atom. The average molecular weight is 733 g/mol. The lowest BCUT2D eigenvalue weighted by Gasteiger charge is -2.20. The van der Waals surface area contributed by atoms with Gasteiger partial charge in [-0.2, -0.15) is 0 Å². The Hall–Kier alpha value is -1.29. The first-order valence-corrected chi connectivity index (χ1v) is 21.9. The maximum Gasteiger partial charge on any atom is 0.497 e. The molecule has 0 amide bonds. The van der Waals surface area contributed by atoms with E-state index in [2.05, 4.69) is 84.4 Å². The van der Waals surface area contributed by atoms with Crippen LogP contribution in [0.2, 0.25) is 0 Å². The molecule has 2 aromatic rings. The molecule has 2 aromatic carbocycles. The molecular formula is C44H74FO3PS. The zero-order valence-electron chi connectivity index (χ0n) is 33.3. The predicted molar refractivity (Wildman–Crippen MR) is 219 cm³/mol. The lowest BCUT2D eigenvalue weighted by atomic mass is 9.98. The topological polar surface area (TPSA) is 27.7 Å². The van der Waals surface area contributed by atoms with Crippen LogP contribution in [-0.4, -0.2) is 0 Å². The van der Waals surface area contributed by atoms with E-state index in [1.54, 1.807) is 0 Å². The third-order valence-corrected chi connectivity index (χ3v) is 10.8. The van der Waals surface area contributed by atoms with Crippen LogP contribution in [0.3, 0.4) is 0 Å². The number of benzene rings is 2. The van der Waals surface area contributed by atoms with Crippen LogP contribution < -0.4 is 9.05 Å². The number of thiol groups is 1. The third kappa shape index (κ3) is 20.1. The van der Waals surface area contributed by atoms with Crippen LogP contribution in [0.25, 0.3) is 0 Å². The van der Waals surface area contributed by atoms with Gasteiger partial charge in [0.2, 0.25) is 0 Å². The van der Waals surface area contributed by atoms with Crippen LogP contribution in [0.1, 0.15) is 180 Å². The van der Waals surface area contributed by atoms with E-state index in [1.807, 2.05) is 6.07 Å². The van der Waals surface area contributed by atoms with Gasteiger partial charge >= 0.3 is 8.60 Å². The molecule has 0 bridgehead atoms. The molecule has 1 unspecified atom stereocenters. The maximum absolute atomic E-state index is 14.3. The summed E-state index contributed by atoms with van der Waals surface area (Å²) in [5.74, 6) is 4.21. The van der Waals surface area contributed by atoms with Gasteiger partial charge < -0.3 is 9.05 Å². The smallest absolute Gasteiger partial charge is 0.416 e. The van der Waals surface area contributed by atoms with Crippen LogP contribution >= 0.6 is 21.2 Å². The quantitative estimate of drug-likeness (QED) is 0.0513. The first-order chi connectivity index (χ1) is 24.0. The van der Waals surface area contributed by atoms with Crippen molar-refractivity contribution in [2.45, 2.75) is 189 Å². The summed E-state index contributed by atoms with van der Waals surface area (Å²) in [5.41, 5.74) is 4.79. The second kappa shape index (κ2) is 26.5. The third-order valence-electron chi connectivity index (χ3n) is 9.68. The van der Waals surface area contributed by atoms with Gasteiger partial charge in [0, 0.05) is 4.90 Å². The van der Waals surface area contributed by atoms with Crippen molar-refractivity contribution in [3.05, 3.63) is 52.6 Å². The van der Waals surface area contributed by atoms with Crippen molar-refractivity contribution in [3.8, 4) is 11.5 Å². The van der Waals surface area contributed by atoms with Crippen molar-refractivity contribution in [2.24, 2.45) is 23.7 Å². The van der Waals surface area contributed by atoms with E-state index in [9.17, 15) is 4.53 Å². The van der Waals surface area contributed by atoms with Gasteiger partial charge in [-0.1, -0.05) is 155 Å². The fraction of sp³-hybridized carbons (Fsp3) is 0.727. The van der Waals surface area contributed by atoms with Crippen molar-refractivity contribution in [2.75, 3.05) is 0 Å². The van der Waals surface area contributed by atoms with E-state index in [0.717, 1.165) is 85.1 Å². The summed E-state index contributed by atoms with van der Waals surface area (Å²) >= 11 is 4.88. The Kier molecular flexibility index (Phi) is 23.8. The Morgan fingerprint density at radius 2 is 0.960 bits per heavy atom. The van der Waals surface area contributed by atoms with Crippen LogP contribution in [0.15, 0.2) is 35.2 Å². The fourth-order valence-corrected chi connectivity index (χ4v) is 7.88. The molecule has 0 spiro atoms. The Labute approximate surface area is 314 Å². The Morgan fingerprint density at radius 1 is 0.520 bits per heavy atom. The van der Waals surface area contributed by atoms with E-state index in [-0.39, 0.29) is 0 Å². The van der Waals surface area contributed by atoms with Crippen molar-refractivity contribution in [1.82, 2.24) is 0 Å². The normalized spacial score (nSPS) is 12.5. The monoisotopic (exact) mass is 733 g/mol.